The van der Waals surface area contributed by atoms with Gasteiger partial charge in [0.1, 0.15) is 11.7 Å². The van der Waals surface area contributed by atoms with Gasteiger partial charge in [0.05, 0.1) is 38.1 Å². The third-order valence-corrected chi connectivity index (χ3v) is 9.70. The molecule has 0 saturated heterocycles. The molecule has 0 spiro atoms. The maximum absolute atomic E-state index is 13.3. The fraction of sp³-hybridized carbons (Fsp3) is 0.732. The van der Waals surface area contributed by atoms with Crippen LogP contribution in [-0.2, 0) is 23.9 Å². The first-order valence-corrected chi connectivity index (χ1v) is 21.1. The number of amides is 3. The fourth-order valence-electron chi connectivity index (χ4n) is 6.44. The standard InChI is InChI=1S/C41H74BN7O7/c1-6-7-8-9-10-11-12-13-14-15-16-17-18-21-32(2)31-45-39(52)36(22-19-20-26-46-42(4)54)48-38(51)25-28-56-29-27-49(41(43)44)37-30-34(40(53)55-5)23-24-35(37)47-33(3)50/h23-24,30,32,36,46,54H,6-22,25-29,31H2,1-5H3,(H6,43,44,45,47,48,50,51,52,53)/p+1/t32?,36-/m0/s1. The number of nitrogens with two attached hydrogens (primary N) is 2. The van der Waals surface area contributed by atoms with Crippen LogP contribution >= 0.6 is 0 Å². The summed E-state index contributed by atoms with van der Waals surface area (Å²) in [4.78, 5) is 50.2. The second-order valence-corrected chi connectivity index (χ2v) is 15.0. The highest BCUT2D eigenvalue weighted by atomic mass is 16.5. The lowest BCUT2D eigenvalue weighted by molar-refractivity contribution is -0.446. The van der Waals surface area contributed by atoms with Crippen LogP contribution in [0.2, 0.25) is 6.82 Å². The Balaban J connectivity index is 2.56. The van der Waals surface area contributed by atoms with Crippen molar-refractivity contribution in [3.63, 3.8) is 0 Å². The summed E-state index contributed by atoms with van der Waals surface area (Å²) in [6, 6.07) is 3.90. The highest BCUT2D eigenvalue weighted by Crippen LogP contribution is 2.27. The molecule has 0 aliphatic heterocycles. The maximum Gasteiger partial charge on any atom is 0.373 e. The number of carbonyl (C=O) groups excluding carboxylic acids is 4. The Morgan fingerprint density at radius 3 is 2.05 bits per heavy atom. The summed E-state index contributed by atoms with van der Waals surface area (Å²) in [6.45, 7) is 8.94. The number of hydrogen-bond acceptors (Lipinski definition) is 8. The van der Waals surface area contributed by atoms with Gasteiger partial charge in [-0.3, -0.25) is 25.9 Å². The lowest BCUT2D eigenvalue weighted by Crippen LogP contribution is -2.47. The second-order valence-electron chi connectivity index (χ2n) is 15.0. The van der Waals surface area contributed by atoms with E-state index in [1.165, 1.54) is 108 Å². The third kappa shape index (κ3) is 24.1. The van der Waals surface area contributed by atoms with Crippen molar-refractivity contribution in [2.45, 2.75) is 149 Å². The number of carbonyl (C=O) groups is 4. The van der Waals surface area contributed by atoms with Crippen molar-refractivity contribution in [1.82, 2.24) is 15.9 Å². The quantitative estimate of drug-likeness (QED) is 0.0121. The summed E-state index contributed by atoms with van der Waals surface area (Å²) < 4.78 is 12.1. The van der Waals surface area contributed by atoms with E-state index >= 15 is 0 Å². The van der Waals surface area contributed by atoms with Crippen molar-refractivity contribution >= 4 is 48.1 Å². The van der Waals surface area contributed by atoms with Gasteiger partial charge in [-0.05, 0) is 63.2 Å². The Morgan fingerprint density at radius 1 is 0.875 bits per heavy atom. The van der Waals surface area contributed by atoms with Crippen molar-refractivity contribution in [3.05, 3.63) is 23.8 Å². The van der Waals surface area contributed by atoms with Crippen LogP contribution in [0.25, 0.3) is 0 Å². The summed E-state index contributed by atoms with van der Waals surface area (Å²) in [5.74, 6) is -1.15. The lowest BCUT2D eigenvalue weighted by atomic mass is 9.89. The Hall–Kier alpha value is -3.69. The van der Waals surface area contributed by atoms with Gasteiger partial charge in [-0.15, -0.1) is 0 Å². The summed E-state index contributed by atoms with van der Waals surface area (Å²) in [5, 5.41) is 21.1. The van der Waals surface area contributed by atoms with Crippen LogP contribution in [0.4, 0.5) is 11.4 Å². The molecule has 0 fully saturated rings. The Bertz CT molecular complexity index is 1310. The Labute approximate surface area is 337 Å². The maximum atomic E-state index is 13.3. The third-order valence-electron chi connectivity index (χ3n) is 9.70. The van der Waals surface area contributed by atoms with Crippen LogP contribution in [0.5, 0.6) is 0 Å². The molecule has 0 heterocycles. The number of ether oxygens (including phenoxy) is 2. The van der Waals surface area contributed by atoms with E-state index in [1.54, 1.807) is 12.9 Å². The molecular weight excluding hydrogens is 713 g/mol. The van der Waals surface area contributed by atoms with Gasteiger partial charge in [-0.1, -0.05) is 97.3 Å². The number of nitrogens with zero attached hydrogens (tertiary/aromatic N) is 1. The van der Waals surface area contributed by atoms with Crippen LogP contribution in [0, 0.1) is 5.92 Å². The first-order valence-electron chi connectivity index (χ1n) is 21.1. The highest BCUT2D eigenvalue weighted by molar-refractivity contribution is 6.45. The number of hydrogen-bond donors (Lipinski definition) is 7. The van der Waals surface area contributed by atoms with Gasteiger partial charge in [-0.2, -0.15) is 0 Å². The molecule has 14 nitrogen and oxygen atoms in total. The number of unbranched alkanes of at least 4 members (excludes halogenated alkanes) is 13. The van der Waals surface area contributed by atoms with E-state index in [0.29, 0.717) is 43.2 Å². The van der Waals surface area contributed by atoms with Gasteiger partial charge in [0.25, 0.3) is 0 Å². The average molecular weight is 789 g/mol. The molecule has 3 amide bonds. The van der Waals surface area contributed by atoms with E-state index in [2.05, 4.69) is 35.0 Å². The zero-order valence-corrected chi connectivity index (χ0v) is 35.2. The van der Waals surface area contributed by atoms with Crippen LogP contribution in [0.3, 0.4) is 0 Å². The molecule has 0 aliphatic rings. The van der Waals surface area contributed by atoms with E-state index in [0.717, 1.165) is 19.3 Å². The molecule has 0 bridgehead atoms. The van der Waals surface area contributed by atoms with Crippen molar-refractivity contribution < 1.29 is 38.3 Å². The van der Waals surface area contributed by atoms with Crippen LogP contribution in [-0.4, -0.2) is 92.3 Å². The van der Waals surface area contributed by atoms with Crippen molar-refractivity contribution in [1.29, 1.82) is 0 Å². The largest absolute Gasteiger partial charge is 0.465 e. The first-order chi connectivity index (χ1) is 26.9. The smallest absolute Gasteiger partial charge is 0.373 e. The van der Waals surface area contributed by atoms with Crippen molar-refractivity contribution in [2.24, 2.45) is 17.4 Å². The predicted molar refractivity (Wildman–Crippen MR) is 226 cm³/mol. The van der Waals surface area contributed by atoms with Crippen molar-refractivity contribution in [2.75, 3.05) is 45.3 Å². The van der Waals surface area contributed by atoms with Crippen molar-refractivity contribution in [3.8, 4) is 0 Å². The molecule has 9 N–H and O–H groups in total. The van der Waals surface area contributed by atoms with E-state index in [4.69, 9.17) is 20.9 Å². The number of methoxy groups -OCH3 is 1. The lowest BCUT2D eigenvalue weighted by Gasteiger charge is -2.20. The first kappa shape index (κ1) is 50.3. The van der Waals surface area contributed by atoms with E-state index < -0.39 is 19.1 Å². The molecule has 56 heavy (non-hydrogen) atoms. The van der Waals surface area contributed by atoms with Crippen LogP contribution in [0.15, 0.2) is 18.2 Å². The van der Waals surface area contributed by atoms with E-state index in [9.17, 15) is 24.2 Å². The zero-order chi connectivity index (χ0) is 41.6. The number of rotatable bonds is 33. The monoisotopic (exact) mass is 789 g/mol. The predicted octanol–water partition coefficient (Wildman–Crippen LogP) is 5.34. The van der Waals surface area contributed by atoms with E-state index in [-0.39, 0.29) is 55.4 Å². The summed E-state index contributed by atoms with van der Waals surface area (Å²) in [6.07, 6.45) is 20.1. The molecule has 1 unspecified atom stereocenters. The molecular formula is C41H75BN7O7+. The molecule has 318 valence electrons. The summed E-state index contributed by atoms with van der Waals surface area (Å²) >= 11 is 0. The average Bonchev–Trinajstić information content (AvgIpc) is 3.15. The molecule has 1 aromatic rings. The minimum absolute atomic E-state index is 0.0274. The highest BCUT2D eigenvalue weighted by Gasteiger charge is 2.22. The molecule has 2 atom stereocenters. The Morgan fingerprint density at radius 2 is 1.48 bits per heavy atom. The zero-order valence-electron chi connectivity index (χ0n) is 35.2. The number of anilines is 1. The number of guanidine groups is 1. The molecule has 1 rings (SSSR count). The van der Waals surface area contributed by atoms with Gasteiger partial charge in [0.15, 0.2) is 0 Å². The fourth-order valence-corrected chi connectivity index (χ4v) is 6.44. The molecule has 1 aromatic carbocycles. The normalized spacial score (nSPS) is 12.0. The Kier molecular flexibility index (Phi) is 28.2. The van der Waals surface area contributed by atoms with Gasteiger partial charge >= 0.3 is 19.0 Å². The van der Waals surface area contributed by atoms with Gasteiger partial charge < -0.3 is 35.7 Å². The second kappa shape index (κ2) is 31.4. The minimum Gasteiger partial charge on any atom is -0.465 e. The minimum atomic E-state index is -0.686. The SMILES string of the molecule is CCCCCCCCCCCCCCCC(C)CNC(=O)[C@H](CCCCNB(C)O)NC(=O)CCOCC[N+](=C(N)N)c1cc(C(=O)OC)ccc1NC(C)=O. The number of nitrogens with one attached hydrogen (secondary N) is 4. The number of esters is 1. The summed E-state index contributed by atoms with van der Waals surface area (Å²) in [5.41, 5.74) is 13.0. The molecule has 0 saturated carbocycles. The van der Waals surface area contributed by atoms with Gasteiger partial charge in [0, 0.05) is 19.9 Å². The number of benzene rings is 1. The molecule has 0 aromatic heterocycles. The molecule has 15 heteroatoms. The summed E-state index contributed by atoms with van der Waals surface area (Å²) in [7, 11) is 0.657. The van der Waals surface area contributed by atoms with Crippen LogP contribution in [0.1, 0.15) is 147 Å². The molecule has 0 aliphatic carbocycles. The van der Waals surface area contributed by atoms with Gasteiger partial charge in [-0.25, -0.2) is 9.37 Å². The van der Waals surface area contributed by atoms with E-state index in [1.807, 2.05) is 0 Å². The molecule has 0 radical (unpaired) electrons. The van der Waals surface area contributed by atoms with Gasteiger partial charge in [0.2, 0.25) is 17.7 Å². The topological polar surface area (TPSA) is 210 Å². The van der Waals surface area contributed by atoms with Crippen LogP contribution < -0.4 is 32.6 Å².